The molecular formula is C20H20Cl3N3O2. The van der Waals surface area contributed by atoms with Crippen molar-refractivity contribution in [2.24, 2.45) is 0 Å². The van der Waals surface area contributed by atoms with Crippen molar-refractivity contribution in [1.82, 2.24) is 4.90 Å². The second kappa shape index (κ2) is 9.03. The SMILES string of the molecule is CCC(=O)N1CCN(c2c(Cl)cccc2NC(=O)c2cc(Cl)ccc2Cl)CC1. The van der Waals surface area contributed by atoms with Crippen LogP contribution in [-0.2, 0) is 4.79 Å². The third-order valence-corrected chi connectivity index (χ3v) is 5.53. The zero-order chi connectivity index (χ0) is 20.3. The number of amides is 2. The average molecular weight is 441 g/mol. The molecule has 0 spiro atoms. The van der Waals surface area contributed by atoms with Gasteiger partial charge >= 0.3 is 0 Å². The number of anilines is 2. The van der Waals surface area contributed by atoms with Gasteiger partial charge in [0.25, 0.3) is 5.91 Å². The van der Waals surface area contributed by atoms with E-state index in [4.69, 9.17) is 34.8 Å². The summed E-state index contributed by atoms with van der Waals surface area (Å²) in [5, 5.41) is 4.17. The Balaban J connectivity index is 1.82. The zero-order valence-corrected chi connectivity index (χ0v) is 17.6. The van der Waals surface area contributed by atoms with Crippen LogP contribution in [-0.4, -0.2) is 42.9 Å². The summed E-state index contributed by atoms with van der Waals surface area (Å²) in [6.45, 7) is 4.36. The van der Waals surface area contributed by atoms with Crippen LogP contribution in [0.5, 0.6) is 0 Å². The Morgan fingerprint density at radius 2 is 1.71 bits per heavy atom. The molecule has 28 heavy (non-hydrogen) atoms. The smallest absolute Gasteiger partial charge is 0.257 e. The van der Waals surface area contributed by atoms with Gasteiger partial charge in [0.2, 0.25) is 5.91 Å². The van der Waals surface area contributed by atoms with Gasteiger partial charge in [-0.1, -0.05) is 47.8 Å². The van der Waals surface area contributed by atoms with Gasteiger partial charge in [0.05, 0.1) is 27.0 Å². The first-order chi connectivity index (χ1) is 13.4. The van der Waals surface area contributed by atoms with Crippen LogP contribution in [0.4, 0.5) is 11.4 Å². The fraction of sp³-hybridized carbons (Fsp3) is 0.300. The summed E-state index contributed by atoms with van der Waals surface area (Å²) >= 11 is 18.6. The zero-order valence-electron chi connectivity index (χ0n) is 15.3. The fourth-order valence-corrected chi connectivity index (χ4v) is 3.87. The third-order valence-electron chi connectivity index (χ3n) is 4.66. The maximum absolute atomic E-state index is 12.7. The van der Waals surface area contributed by atoms with Crippen molar-refractivity contribution < 1.29 is 9.59 Å². The molecule has 1 heterocycles. The van der Waals surface area contributed by atoms with Gasteiger partial charge < -0.3 is 15.1 Å². The molecule has 0 atom stereocenters. The Kier molecular flexibility index (Phi) is 6.70. The summed E-state index contributed by atoms with van der Waals surface area (Å²) in [5.41, 5.74) is 1.61. The molecule has 3 rings (SSSR count). The average Bonchev–Trinajstić information content (AvgIpc) is 2.69. The van der Waals surface area contributed by atoms with Crippen LogP contribution in [0.2, 0.25) is 15.1 Å². The lowest BCUT2D eigenvalue weighted by Gasteiger charge is -2.37. The molecule has 2 amide bonds. The van der Waals surface area contributed by atoms with Crippen LogP contribution in [0.1, 0.15) is 23.7 Å². The highest BCUT2D eigenvalue weighted by molar-refractivity contribution is 6.37. The van der Waals surface area contributed by atoms with Gasteiger partial charge in [-0.25, -0.2) is 0 Å². The largest absolute Gasteiger partial charge is 0.365 e. The number of nitrogens with one attached hydrogen (secondary N) is 1. The first-order valence-corrected chi connectivity index (χ1v) is 10.1. The molecule has 0 radical (unpaired) electrons. The second-order valence-corrected chi connectivity index (χ2v) is 7.69. The van der Waals surface area contributed by atoms with Gasteiger partial charge in [0, 0.05) is 37.6 Å². The summed E-state index contributed by atoms with van der Waals surface area (Å²) < 4.78 is 0. The van der Waals surface area contributed by atoms with Gasteiger partial charge in [-0.2, -0.15) is 0 Å². The molecular weight excluding hydrogens is 421 g/mol. The molecule has 2 aromatic carbocycles. The minimum Gasteiger partial charge on any atom is -0.365 e. The molecule has 1 N–H and O–H groups in total. The van der Waals surface area contributed by atoms with Crippen LogP contribution in [0.25, 0.3) is 0 Å². The molecule has 0 aromatic heterocycles. The van der Waals surface area contributed by atoms with Gasteiger partial charge in [0.1, 0.15) is 0 Å². The molecule has 1 aliphatic rings. The van der Waals surface area contributed by atoms with Gasteiger partial charge in [-0.05, 0) is 30.3 Å². The maximum atomic E-state index is 12.7. The number of hydrogen-bond donors (Lipinski definition) is 1. The van der Waals surface area contributed by atoms with Crippen molar-refractivity contribution in [3.8, 4) is 0 Å². The Bertz CT molecular complexity index is 896. The molecule has 148 valence electrons. The summed E-state index contributed by atoms with van der Waals surface area (Å²) in [5.74, 6) is -0.223. The number of halogens is 3. The monoisotopic (exact) mass is 439 g/mol. The van der Waals surface area contributed by atoms with Gasteiger partial charge in [0.15, 0.2) is 0 Å². The highest BCUT2D eigenvalue weighted by atomic mass is 35.5. The van der Waals surface area contributed by atoms with E-state index in [1.807, 2.05) is 11.8 Å². The van der Waals surface area contributed by atoms with Crippen molar-refractivity contribution in [2.75, 3.05) is 36.4 Å². The predicted molar refractivity (Wildman–Crippen MR) is 115 cm³/mol. The van der Waals surface area contributed by atoms with E-state index in [0.29, 0.717) is 58.9 Å². The third kappa shape index (κ3) is 4.54. The van der Waals surface area contributed by atoms with E-state index in [9.17, 15) is 9.59 Å². The van der Waals surface area contributed by atoms with Crippen molar-refractivity contribution in [3.05, 3.63) is 57.0 Å². The lowest BCUT2D eigenvalue weighted by molar-refractivity contribution is -0.131. The first-order valence-electron chi connectivity index (χ1n) is 8.98. The summed E-state index contributed by atoms with van der Waals surface area (Å²) in [4.78, 5) is 28.6. The Morgan fingerprint density at radius 1 is 1.00 bits per heavy atom. The van der Waals surface area contributed by atoms with E-state index in [1.54, 1.807) is 30.3 Å². The highest BCUT2D eigenvalue weighted by Crippen LogP contribution is 2.35. The normalized spacial score (nSPS) is 14.1. The van der Waals surface area contributed by atoms with Crippen LogP contribution in [0.3, 0.4) is 0 Å². The molecule has 5 nitrogen and oxygen atoms in total. The second-order valence-electron chi connectivity index (χ2n) is 6.44. The maximum Gasteiger partial charge on any atom is 0.257 e. The molecule has 0 unspecified atom stereocenters. The van der Waals surface area contributed by atoms with Crippen molar-refractivity contribution in [3.63, 3.8) is 0 Å². The lowest BCUT2D eigenvalue weighted by atomic mass is 10.1. The van der Waals surface area contributed by atoms with Crippen LogP contribution in [0, 0.1) is 0 Å². The highest BCUT2D eigenvalue weighted by Gasteiger charge is 2.24. The number of hydrogen-bond acceptors (Lipinski definition) is 3. The number of para-hydroxylation sites is 1. The molecule has 1 saturated heterocycles. The standard InChI is InChI=1S/C20H20Cl3N3O2/c1-2-18(27)25-8-10-26(11-9-25)19-16(23)4-3-5-17(19)24-20(28)14-12-13(21)6-7-15(14)22/h3-7,12H,2,8-11H2,1H3,(H,24,28). The minimum absolute atomic E-state index is 0.142. The number of nitrogens with zero attached hydrogens (tertiary/aromatic N) is 2. The Hall–Kier alpha value is -1.95. The van der Waals surface area contributed by atoms with E-state index < -0.39 is 0 Å². The number of piperazine rings is 1. The summed E-state index contributed by atoms with van der Waals surface area (Å²) in [6.07, 6.45) is 0.494. The van der Waals surface area contributed by atoms with Gasteiger partial charge in [-0.3, -0.25) is 9.59 Å². The van der Waals surface area contributed by atoms with Crippen LogP contribution in [0.15, 0.2) is 36.4 Å². The van der Waals surface area contributed by atoms with Crippen molar-refractivity contribution in [2.45, 2.75) is 13.3 Å². The lowest BCUT2D eigenvalue weighted by Crippen LogP contribution is -2.48. The quantitative estimate of drug-likeness (QED) is 0.731. The molecule has 8 heteroatoms. The van der Waals surface area contributed by atoms with Crippen molar-refractivity contribution in [1.29, 1.82) is 0 Å². The van der Waals surface area contributed by atoms with E-state index in [0.717, 1.165) is 5.69 Å². The minimum atomic E-state index is -0.365. The van der Waals surface area contributed by atoms with E-state index >= 15 is 0 Å². The number of benzene rings is 2. The molecule has 0 bridgehead atoms. The van der Waals surface area contributed by atoms with Gasteiger partial charge in [-0.15, -0.1) is 0 Å². The molecule has 1 fully saturated rings. The number of rotatable bonds is 4. The van der Waals surface area contributed by atoms with Crippen molar-refractivity contribution >= 4 is 58.0 Å². The predicted octanol–water partition coefficient (Wildman–Crippen LogP) is 4.96. The molecule has 0 saturated carbocycles. The fourth-order valence-electron chi connectivity index (χ4n) is 3.20. The summed E-state index contributed by atoms with van der Waals surface area (Å²) in [7, 11) is 0. The summed E-state index contributed by atoms with van der Waals surface area (Å²) in [6, 6.07) is 10.1. The topological polar surface area (TPSA) is 52.7 Å². The van der Waals surface area contributed by atoms with Crippen LogP contribution >= 0.6 is 34.8 Å². The Morgan fingerprint density at radius 3 is 2.39 bits per heavy atom. The molecule has 2 aromatic rings. The Labute approximate surface area is 179 Å². The van der Waals surface area contributed by atoms with Crippen LogP contribution < -0.4 is 10.2 Å². The molecule has 1 aliphatic heterocycles. The van der Waals surface area contributed by atoms with E-state index in [2.05, 4.69) is 10.2 Å². The number of carbonyl (C=O) groups excluding carboxylic acids is 2. The number of carbonyl (C=O) groups is 2. The van der Waals surface area contributed by atoms with E-state index in [-0.39, 0.29) is 11.8 Å². The molecule has 0 aliphatic carbocycles. The first kappa shape index (κ1) is 20.8. The van der Waals surface area contributed by atoms with E-state index in [1.165, 1.54) is 6.07 Å².